The maximum atomic E-state index is 12.7. The van der Waals surface area contributed by atoms with Crippen LogP contribution in [0.25, 0.3) is 0 Å². The van der Waals surface area contributed by atoms with Gasteiger partial charge in [0.15, 0.2) is 0 Å². The van der Waals surface area contributed by atoms with E-state index in [-0.39, 0.29) is 19.4 Å². The monoisotopic (exact) mass is 204 g/mol. The average Bonchev–Trinajstić information content (AvgIpc) is 2.51. The lowest BCUT2D eigenvalue weighted by atomic mass is 9.66. The van der Waals surface area contributed by atoms with E-state index in [9.17, 15) is 8.78 Å². The van der Waals surface area contributed by atoms with E-state index in [1.54, 1.807) is 11.6 Å². The Morgan fingerprint density at radius 3 is 2.62 bits per heavy atom. The summed E-state index contributed by atoms with van der Waals surface area (Å²) in [7, 11) is 0. The van der Waals surface area contributed by atoms with Crippen molar-refractivity contribution in [2.45, 2.75) is 24.2 Å². The lowest BCUT2D eigenvalue weighted by molar-refractivity contribution is -0.123. The highest BCUT2D eigenvalue weighted by atomic mass is 32.1. The Bertz CT molecular complexity index is 289. The van der Waals surface area contributed by atoms with E-state index in [0.717, 1.165) is 5.01 Å². The van der Waals surface area contributed by atoms with Crippen molar-refractivity contribution in [3.05, 3.63) is 16.6 Å². The molecular formula is C8H10F2N2S. The van der Waals surface area contributed by atoms with Gasteiger partial charge < -0.3 is 5.73 Å². The Kier molecular flexibility index (Phi) is 1.89. The summed E-state index contributed by atoms with van der Waals surface area (Å²) in [5, 5.41) is 2.55. The third kappa shape index (κ3) is 1.36. The van der Waals surface area contributed by atoms with Crippen molar-refractivity contribution in [2.75, 3.05) is 6.54 Å². The van der Waals surface area contributed by atoms with Crippen molar-refractivity contribution in [3.63, 3.8) is 0 Å². The van der Waals surface area contributed by atoms with Gasteiger partial charge in [-0.05, 0) is 0 Å². The topological polar surface area (TPSA) is 38.9 Å². The number of thiazole rings is 1. The lowest BCUT2D eigenvalue weighted by Crippen LogP contribution is -2.53. The average molecular weight is 204 g/mol. The first-order valence-corrected chi connectivity index (χ1v) is 4.94. The fourth-order valence-corrected chi connectivity index (χ4v) is 2.66. The van der Waals surface area contributed by atoms with Crippen LogP contribution in [0.5, 0.6) is 0 Å². The SMILES string of the molecule is NCC1(c2nccs2)CC(F)(F)C1. The first-order chi connectivity index (χ1) is 6.08. The van der Waals surface area contributed by atoms with Crippen LogP contribution in [0.15, 0.2) is 11.6 Å². The van der Waals surface area contributed by atoms with Gasteiger partial charge in [0.25, 0.3) is 0 Å². The van der Waals surface area contributed by atoms with Crippen molar-refractivity contribution in [2.24, 2.45) is 5.73 Å². The van der Waals surface area contributed by atoms with Crippen LogP contribution in [0.4, 0.5) is 8.78 Å². The molecule has 1 heterocycles. The normalized spacial score (nSPS) is 23.9. The van der Waals surface area contributed by atoms with Crippen LogP contribution in [-0.2, 0) is 5.41 Å². The molecule has 0 aromatic carbocycles. The molecule has 2 nitrogen and oxygen atoms in total. The fourth-order valence-electron chi connectivity index (χ4n) is 1.81. The molecule has 1 saturated carbocycles. The van der Waals surface area contributed by atoms with E-state index in [4.69, 9.17) is 5.73 Å². The van der Waals surface area contributed by atoms with Crippen molar-refractivity contribution in [1.82, 2.24) is 4.98 Å². The molecule has 0 bridgehead atoms. The number of nitrogens with zero attached hydrogens (tertiary/aromatic N) is 1. The van der Waals surface area contributed by atoms with Crippen molar-refractivity contribution < 1.29 is 8.78 Å². The van der Waals surface area contributed by atoms with Crippen molar-refractivity contribution in [3.8, 4) is 0 Å². The second-order valence-corrected chi connectivity index (χ2v) is 4.43. The zero-order chi connectivity index (χ0) is 9.53. The van der Waals surface area contributed by atoms with E-state index < -0.39 is 11.3 Å². The van der Waals surface area contributed by atoms with Crippen LogP contribution in [0.1, 0.15) is 17.8 Å². The summed E-state index contributed by atoms with van der Waals surface area (Å²) in [5.41, 5.74) is 4.97. The largest absolute Gasteiger partial charge is 0.329 e. The summed E-state index contributed by atoms with van der Waals surface area (Å²) >= 11 is 1.41. The van der Waals surface area contributed by atoms with Crippen LogP contribution < -0.4 is 5.73 Å². The van der Waals surface area contributed by atoms with Gasteiger partial charge in [0.05, 0.1) is 0 Å². The van der Waals surface area contributed by atoms with Gasteiger partial charge in [0, 0.05) is 36.4 Å². The molecule has 1 aromatic rings. The first kappa shape index (κ1) is 9.02. The van der Waals surface area contributed by atoms with E-state index in [2.05, 4.69) is 4.98 Å². The molecule has 0 unspecified atom stereocenters. The molecule has 2 N–H and O–H groups in total. The number of rotatable bonds is 2. The zero-order valence-electron chi connectivity index (χ0n) is 6.96. The predicted octanol–water partition coefficient (Wildman–Crippen LogP) is 1.77. The highest BCUT2D eigenvalue weighted by Gasteiger charge is 2.57. The molecule has 72 valence electrons. The van der Waals surface area contributed by atoms with Gasteiger partial charge in [-0.15, -0.1) is 11.3 Å². The molecular weight excluding hydrogens is 194 g/mol. The van der Waals surface area contributed by atoms with Gasteiger partial charge >= 0.3 is 0 Å². The lowest BCUT2D eigenvalue weighted by Gasteiger charge is -2.45. The van der Waals surface area contributed by atoms with Gasteiger partial charge in [-0.25, -0.2) is 13.8 Å². The summed E-state index contributed by atoms with van der Waals surface area (Å²) in [5.74, 6) is -2.54. The number of aromatic nitrogens is 1. The van der Waals surface area contributed by atoms with Gasteiger partial charge in [-0.1, -0.05) is 0 Å². The van der Waals surface area contributed by atoms with Crippen molar-refractivity contribution >= 4 is 11.3 Å². The summed E-state index contributed by atoms with van der Waals surface area (Å²) < 4.78 is 25.5. The molecule has 0 amide bonds. The minimum Gasteiger partial charge on any atom is -0.329 e. The van der Waals surface area contributed by atoms with Crippen LogP contribution in [0.2, 0.25) is 0 Å². The van der Waals surface area contributed by atoms with Crippen molar-refractivity contribution in [1.29, 1.82) is 0 Å². The first-order valence-electron chi connectivity index (χ1n) is 4.06. The van der Waals surface area contributed by atoms with Gasteiger partial charge in [0.1, 0.15) is 5.01 Å². The molecule has 0 radical (unpaired) electrons. The van der Waals surface area contributed by atoms with Crippen LogP contribution in [0.3, 0.4) is 0 Å². The highest BCUT2D eigenvalue weighted by molar-refractivity contribution is 7.09. The Labute approximate surface area is 78.8 Å². The summed E-state index contributed by atoms with van der Waals surface area (Å²) in [6.45, 7) is 0.260. The van der Waals surface area contributed by atoms with Gasteiger partial charge in [-0.3, -0.25) is 0 Å². The van der Waals surface area contributed by atoms with E-state index >= 15 is 0 Å². The second kappa shape index (κ2) is 2.72. The Morgan fingerprint density at radius 1 is 1.54 bits per heavy atom. The number of alkyl halides is 2. The molecule has 1 aromatic heterocycles. The molecule has 0 aliphatic heterocycles. The molecule has 1 fully saturated rings. The van der Waals surface area contributed by atoms with Gasteiger partial charge in [-0.2, -0.15) is 0 Å². The van der Waals surface area contributed by atoms with Crippen LogP contribution >= 0.6 is 11.3 Å². The number of halogens is 2. The smallest absolute Gasteiger partial charge is 0.250 e. The molecule has 0 atom stereocenters. The molecule has 5 heteroatoms. The Balaban J connectivity index is 2.21. The predicted molar refractivity (Wildman–Crippen MR) is 47.0 cm³/mol. The highest BCUT2D eigenvalue weighted by Crippen LogP contribution is 2.53. The number of nitrogens with two attached hydrogens (primary N) is 1. The molecule has 1 aliphatic rings. The maximum absolute atomic E-state index is 12.7. The van der Waals surface area contributed by atoms with E-state index in [1.165, 1.54) is 11.3 Å². The molecule has 1 aliphatic carbocycles. The molecule has 0 spiro atoms. The second-order valence-electron chi connectivity index (χ2n) is 3.53. The summed E-state index contributed by atoms with van der Waals surface area (Å²) in [4.78, 5) is 4.05. The Hall–Kier alpha value is -0.550. The molecule has 0 saturated heterocycles. The standard InChI is InChI=1S/C8H10F2N2S/c9-8(10)3-7(4-8,5-11)6-12-1-2-13-6/h1-2H,3-5,11H2. The van der Waals surface area contributed by atoms with Gasteiger partial charge in [0.2, 0.25) is 5.92 Å². The quantitative estimate of drug-likeness (QED) is 0.797. The fraction of sp³-hybridized carbons (Fsp3) is 0.625. The maximum Gasteiger partial charge on any atom is 0.250 e. The number of hydrogen-bond donors (Lipinski definition) is 1. The number of hydrogen-bond acceptors (Lipinski definition) is 3. The minimum absolute atomic E-state index is 0.149. The third-order valence-corrected chi connectivity index (χ3v) is 3.49. The summed E-state index contributed by atoms with van der Waals surface area (Å²) in [6.07, 6.45) is 1.34. The third-order valence-electron chi connectivity index (χ3n) is 2.47. The van der Waals surface area contributed by atoms with E-state index in [0.29, 0.717) is 0 Å². The zero-order valence-corrected chi connectivity index (χ0v) is 7.78. The Morgan fingerprint density at radius 2 is 2.23 bits per heavy atom. The van der Waals surface area contributed by atoms with E-state index in [1.807, 2.05) is 0 Å². The summed E-state index contributed by atoms with van der Waals surface area (Å²) in [6, 6.07) is 0. The molecule has 13 heavy (non-hydrogen) atoms. The minimum atomic E-state index is -2.54. The molecule has 2 rings (SSSR count). The van der Waals surface area contributed by atoms with Crippen LogP contribution in [-0.4, -0.2) is 17.5 Å². The van der Waals surface area contributed by atoms with Crippen LogP contribution in [0, 0.1) is 0 Å².